The van der Waals surface area contributed by atoms with Crippen molar-refractivity contribution in [3.8, 4) is 0 Å². The Labute approximate surface area is 124 Å². The van der Waals surface area contributed by atoms with Gasteiger partial charge in [-0.2, -0.15) is 8.42 Å². The van der Waals surface area contributed by atoms with Crippen molar-refractivity contribution in [1.82, 2.24) is 0 Å². The highest BCUT2D eigenvalue weighted by atomic mass is 32.2. The summed E-state index contributed by atoms with van der Waals surface area (Å²) < 4.78 is 32.5. The molecule has 0 spiro atoms. The molecule has 0 aliphatic carbocycles. The van der Waals surface area contributed by atoms with Gasteiger partial charge >= 0.3 is 0 Å². The van der Waals surface area contributed by atoms with E-state index in [9.17, 15) is 13.0 Å². The SMILES string of the molecule is CCC1(CC)CNc2c(cc(C=NO)cc2S(=O)(=O)O)C1. The molecule has 0 amide bonds. The van der Waals surface area contributed by atoms with Crippen LogP contribution in [0.5, 0.6) is 0 Å². The van der Waals surface area contributed by atoms with Crippen molar-refractivity contribution in [2.75, 3.05) is 11.9 Å². The molecule has 1 aliphatic rings. The van der Waals surface area contributed by atoms with E-state index in [1.54, 1.807) is 6.07 Å². The minimum absolute atomic E-state index is 0.0679. The van der Waals surface area contributed by atoms with E-state index in [1.165, 1.54) is 6.07 Å². The number of hydrogen-bond acceptors (Lipinski definition) is 5. The summed E-state index contributed by atoms with van der Waals surface area (Å²) in [5.41, 5.74) is 1.77. The molecule has 0 bridgehead atoms. The first-order valence-electron chi connectivity index (χ1n) is 6.91. The molecule has 6 nitrogen and oxygen atoms in total. The summed E-state index contributed by atoms with van der Waals surface area (Å²) in [6.45, 7) is 4.89. The van der Waals surface area contributed by atoms with Gasteiger partial charge in [-0.15, -0.1) is 0 Å². The van der Waals surface area contributed by atoms with E-state index in [4.69, 9.17) is 5.21 Å². The van der Waals surface area contributed by atoms with Crippen LogP contribution in [0.4, 0.5) is 5.69 Å². The summed E-state index contributed by atoms with van der Waals surface area (Å²) >= 11 is 0. The molecule has 0 saturated heterocycles. The molecule has 1 heterocycles. The molecular formula is C14H20N2O4S. The van der Waals surface area contributed by atoms with Gasteiger partial charge in [-0.1, -0.05) is 19.0 Å². The number of hydrogen-bond donors (Lipinski definition) is 3. The zero-order valence-electron chi connectivity index (χ0n) is 12.1. The summed E-state index contributed by atoms with van der Waals surface area (Å²) in [6.07, 6.45) is 3.81. The van der Waals surface area contributed by atoms with E-state index < -0.39 is 10.1 Å². The van der Waals surface area contributed by atoms with E-state index in [0.717, 1.165) is 31.0 Å². The predicted octanol–water partition coefficient (Wildman–Crippen LogP) is 2.52. The van der Waals surface area contributed by atoms with Gasteiger partial charge in [0.2, 0.25) is 0 Å². The summed E-state index contributed by atoms with van der Waals surface area (Å²) in [4.78, 5) is -0.171. The number of nitrogens with one attached hydrogen (secondary N) is 1. The number of anilines is 1. The number of fused-ring (bicyclic) bond motifs is 1. The van der Waals surface area contributed by atoms with Gasteiger partial charge in [-0.05, 0) is 47.9 Å². The van der Waals surface area contributed by atoms with Crippen LogP contribution >= 0.6 is 0 Å². The lowest BCUT2D eigenvalue weighted by molar-refractivity contribution is 0.272. The van der Waals surface area contributed by atoms with Crippen LogP contribution in [-0.4, -0.2) is 30.9 Å². The topological polar surface area (TPSA) is 99.0 Å². The molecule has 1 aliphatic heterocycles. The number of oxime groups is 1. The van der Waals surface area contributed by atoms with E-state index in [1.807, 2.05) is 0 Å². The van der Waals surface area contributed by atoms with Gasteiger partial charge < -0.3 is 10.5 Å². The van der Waals surface area contributed by atoms with Crippen LogP contribution in [0.1, 0.15) is 37.8 Å². The highest BCUT2D eigenvalue weighted by Gasteiger charge is 2.34. The Bertz CT molecular complexity index is 664. The Balaban J connectivity index is 2.61. The second kappa shape index (κ2) is 5.65. The molecule has 1 aromatic carbocycles. The van der Waals surface area contributed by atoms with Gasteiger partial charge in [-0.25, -0.2) is 0 Å². The van der Waals surface area contributed by atoms with Crippen LogP contribution in [-0.2, 0) is 16.5 Å². The quantitative estimate of drug-likeness (QED) is 0.343. The molecule has 0 unspecified atom stereocenters. The highest BCUT2D eigenvalue weighted by molar-refractivity contribution is 7.86. The average Bonchev–Trinajstić information content (AvgIpc) is 2.45. The van der Waals surface area contributed by atoms with Crippen molar-refractivity contribution in [1.29, 1.82) is 0 Å². The summed E-state index contributed by atoms with van der Waals surface area (Å²) in [7, 11) is -4.34. The minimum atomic E-state index is -4.34. The molecule has 0 radical (unpaired) electrons. The molecule has 3 N–H and O–H groups in total. The van der Waals surface area contributed by atoms with Crippen LogP contribution in [0, 0.1) is 5.41 Å². The molecule has 0 fully saturated rings. The monoisotopic (exact) mass is 312 g/mol. The van der Waals surface area contributed by atoms with Crippen molar-refractivity contribution >= 4 is 22.0 Å². The second-order valence-corrected chi connectivity index (χ2v) is 6.90. The van der Waals surface area contributed by atoms with Gasteiger partial charge in [0.15, 0.2) is 0 Å². The molecule has 0 aromatic heterocycles. The average molecular weight is 312 g/mol. The first-order valence-corrected chi connectivity index (χ1v) is 8.35. The predicted molar refractivity (Wildman–Crippen MR) is 80.8 cm³/mol. The third kappa shape index (κ3) is 3.03. The van der Waals surface area contributed by atoms with Crippen molar-refractivity contribution in [3.05, 3.63) is 23.3 Å². The molecule has 2 rings (SSSR count). The van der Waals surface area contributed by atoms with E-state index in [0.29, 0.717) is 17.8 Å². The first-order chi connectivity index (χ1) is 9.85. The highest BCUT2D eigenvalue weighted by Crippen LogP contribution is 2.40. The van der Waals surface area contributed by atoms with Gasteiger partial charge in [0.1, 0.15) is 4.90 Å². The van der Waals surface area contributed by atoms with Crippen molar-refractivity contribution in [3.63, 3.8) is 0 Å². The fourth-order valence-corrected chi connectivity index (χ4v) is 3.62. The van der Waals surface area contributed by atoms with Crippen LogP contribution in [0.25, 0.3) is 0 Å². The fraction of sp³-hybridized carbons (Fsp3) is 0.500. The smallest absolute Gasteiger partial charge is 0.296 e. The Morgan fingerprint density at radius 2 is 2.05 bits per heavy atom. The lowest BCUT2D eigenvalue weighted by Crippen LogP contribution is -2.36. The molecule has 7 heteroatoms. The summed E-state index contributed by atoms with van der Waals surface area (Å²) in [5.74, 6) is 0. The van der Waals surface area contributed by atoms with Gasteiger partial charge in [0, 0.05) is 6.54 Å². The van der Waals surface area contributed by atoms with Crippen molar-refractivity contribution in [2.24, 2.45) is 10.6 Å². The maximum absolute atomic E-state index is 11.6. The second-order valence-electron chi connectivity index (χ2n) is 5.51. The Morgan fingerprint density at radius 3 is 2.57 bits per heavy atom. The fourth-order valence-electron chi connectivity index (χ4n) is 2.87. The first kappa shape index (κ1) is 15.8. The largest absolute Gasteiger partial charge is 0.411 e. The third-order valence-electron chi connectivity index (χ3n) is 4.40. The maximum atomic E-state index is 11.6. The molecule has 116 valence electrons. The molecule has 0 atom stereocenters. The normalized spacial score (nSPS) is 17.5. The Kier molecular flexibility index (Phi) is 4.25. The summed E-state index contributed by atoms with van der Waals surface area (Å²) in [6, 6.07) is 3.09. The lowest BCUT2D eigenvalue weighted by Gasteiger charge is -2.38. The number of benzene rings is 1. The third-order valence-corrected chi connectivity index (χ3v) is 5.27. The van der Waals surface area contributed by atoms with Crippen LogP contribution < -0.4 is 5.32 Å². The number of rotatable bonds is 4. The van der Waals surface area contributed by atoms with Gasteiger partial charge in [0.25, 0.3) is 10.1 Å². The number of nitrogens with zero attached hydrogens (tertiary/aromatic N) is 1. The van der Waals surface area contributed by atoms with E-state index in [-0.39, 0.29) is 10.3 Å². The Hall–Kier alpha value is -1.60. The maximum Gasteiger partial charge on any atom is 0.296 e. The molecule has 1 aromatic rings. The van der Waals surface area contributed by atoms with Crippen LogP contribution in [0.2, 0.25) is 0 Å². The van der Waals surface area contributed by atoms with Crippen LogP contribution in [0.15, 0.2) is 22.2 Å². The van der Waals surface area contributed by atoms with Crippen LogP contribution in [0.3, 0.4) is 0 Å². The summed E-state index contributed by atoms with van der Waals surface area (Å²) in [5, 5.41) is 14.7. The zero-order valence-corrected chi connectivity index (χ0v) is 12.9. The zero-order chi connectivity index (χ0) is 15.7. The molecule has 0 saturated carbocycles. The van der Waals surface area contributed by atoms with Gasteiger partial charge in [0.05, 0.1) is 11.9 Å². The van der Waals surface area contributed by atoms with Gasteiger partial charge in [-0.3, -0.25) is 4.55 Å². The minimum Gasteiger partial charge on any atom is -0.411 e. The van der Waals surface area contributed by atoms with E-state index in [2.05, 4.69) is 24.3 Å². The lowest BCUT2D eigenvalue weighted by atomic mass is 9.74. The Morgan fingerprint density at radius 1 is 1.38 bits per heavy atom. The van der Waals surface area contributed by atoms with E-state index >= 15 is 0 Å². The van der Waals surface area contributed by atoms with Crippen molar-refractivity contribution < 1.29 is 18.2 Å². The molecule has 21 heavy (non-hydrogen) atoms. The standard InChI is InChI=1S/C14H20N2O4S/c1-3-14(4-2)7-11-5-10(8-16-17)6-12(21(18,19)20)13(11)15-9-14/h5-6,8,15,17H,3-4,7,9H2,1-2H3,(H,18,19,20). The molecular weight excluding hydrogens is 292 g/mol. The van der Waals surface area contributed by atoms with Crippen molar-refractivity contribution in [2.45, 2.75) is 38.0 Å².